The molecule has 0 saturated heterocycles. The number of rotatable bonds is 5. The fraction of sp³-hybridized carbons (Fsp3) is 0.105. The van der Waals surface area contributed by atoms with E-state index >= 15 is 0 Å². The second-order valence-electron chi connectivity index (χ2n) is 6.13. The van der Waals surface area contributed by atoms with Gasteiger partial charge in [-0.3, -0.25) is 4.79 Å². The topological polar surface area (TPSA) is 89.0 Å². The highest BCUT2D eigenvalue weighted by atomic mass is 35.5. The molecule has 6 nitrogen and oxygen atoms in total. The summed E-state index contributed by atoms with van der Waals surface area (Å²) < 4.78 is 63.7. The molecule has 0 atom stereocenters. The molecule has 1 heterocycles. The average molecular weight is 456 g/mol. The van der Waals surface area contributed by atoms with Crippen molar-refractivity contribution in [3.63, 3.8) is 0 Å². The lowest BCUT2D eigenvalue weighted by atomic mass is 10.2. The molecule has 0 fully saturated rings. The molecule has 0 spiro atoms. The van der Waals surface area contributed by atoms with Gasteiger partial charge >= 0.3 is 6.18 Å². The molecule has 2 aromatic carbocycles. The third-order valence-electron chi connectivity index (χ3n) is 3.86. The Balaban J connectivity index is 1.87. The van der Waals surface area contributed by atoms with Crippen molar-refractivity contribution >= 4 is 33.0 Å². The van der Waals surface area contributed by atoms with Crippen LogP contribution in [-0.2, 0) is 21.8 Å². The molecule has 1 N–H and O–H groups in total. The van der Waals surface area contributed by atoms with Gasteiger partial charge in [-0.05, 0) is 23.8 Å². The molecule has 0 aliphatic carbocycles. The molecule has 11 heteroatoms. The summed E-state index contributed by atoms with van der Waals surface area (Å²) in [6, 6.07) is 12.2. The zero-order valence-electron chi connectivity index (χ0n) is 15.0. The lowest BCUT2D eigenvalue weighted by Gasteiger charge is -2.11. The van der Waals surface area contributed by atoms with Gasteiger partial charge in [0.15, 0.2) is 5.69 Å². The number of anilines is 1. The highest BCUT2D eigenvalue weighted by Gasteiger charge is 2.30. The van der Waals surface area contributed by atoms with Crippen molar-refractivity contribution in [3.05, 3.63) is 82.6 Å². The van der Waals surface area contributed by atoms with Crippen LogP contribution in [0, 0.1) is 0 Å². The molecular weight excluding hydrogens is 443 g/mol. The van der Waals surface area contributed by atoms with Crippen molar-refractivity contribution in [1.29, 1.82) is 0 Å². The van der Waals surface area contributed by atoms with Crippen LogP contribution in [0.2, 0.25) is 5.02 Å². The van der Waals surface area contributed by atoms with Crippen LogP contribution < -0.4 is 5.32 Å². The van der Waals surface area contributed by atoms with Crippen LogP contribution in [0.3, 0.4) is 0 Å². The Kier molecular flexibility index (Phi) is 6.09. The molecule has 0 bridgehead atoms. The largest absolute Gasteiger partial charge is 0.416 e. The van der Waals surface area contributed by atoms with Crippen molar-refractivity contribution in [2.75, 3.05) is 5.32 Å². The first kappa shape index (κ1) is 21.7. The normalized spacial score (nSPS) is 11.9. The van der Waals surface area contributed by atoms with Crippen LogP contribution in [0.25, 0.3) is 0 Å². The van der Waals surface area contributed by atoms with Crippen LogP contribution in [0.1, 0.15) is 21.6 Å². The van der Waals surface area contributed by atoms with Gasteiger partial charge in [-0.25, -0.2) is 18.4 Å². The summed E-state index contributed by atoms with van der Waals surface area (Å²) in [6.45, 7) is 0. The van der Waals surface area contributed by atoms with Gasteiger partial charge in [0.25, 0.3) is 5.91 Å². The molecule has 0 unspecified atom stereocenters. The Hall–Kier alpha value is -2.98. The maximum Gasteiger partial charge on any atom is 0.416 e. The zero-order valence-corrected chi connectivity index (χ0v) is 16.6. The van der Waals surface area contributed by atoms with E-state index in [0.29, 0.717) is 5.56 Å². The third kappa shape index (κ3) is 5.14. The molecular formula is C19H13ClF3N3O3S. The number of hydrogen-bond acceptors (Lipinski definition) is 5. The minimum Gasteiger partial charge on any atom is -0.321 e. The number of carbonyl (C=O) groups excluding carboxylic acids is 1. The van der Waals surface area contributed by atoms with Crippen molar-refractivity contribution in [1.82, 2.24) is 9.97 Å². The highest BCUT2D eigenvalue weighted by molar-refractivity contribution is 7.90. The summed E-state index contributed by atoms with van der Waals surface area (Å²) in [4.78, 5) is 19.9. The minimum atomic E-state index is -4.59. The van der Waals surface area contributed by atoms with Gasteiger partial charge in [0.1, 0.15) is 0 Å². The first-order valence-electron chi connectivity index (χ1n) is 8.34. The van der Waals surface area contributed by atoms with E-state index in [9.17, 15) is 26.4 Å². The number of nitrogens with zero attached hydrogens (tertiary/aromatic N) is 2. The van der Waals surface area contributed by atoms with Gasteiger partial charge in [0.2, 0.25) is 15.0 Å². The van der Waals surface area contributed by atoms with Crippen molar-refractivity contribution in [2.24, 2.45) is 0 Å². The standard InChI is InChI=1S/C19H13ClF3N3O3S/c20-15-10-24-18(30(28,29)11-12-5-2-1-3-6-12)26-16(15)17(27)25-14-8-4-7-13(9-14)19(21,22)23/h1-10H,11H2,(H,25,27). The molecule has 156 valence electrons. The molecule has 0 radical (unpaired) electrons. The Morgan fingerprint density at radius 2 is 1.77 bits per heavy atom. The highest BCUT2D eigenvalue weighted by Crippen LogP contribution is 2.31. The van der Waals surface area contributed by atoms with Gasteiger partial charge in [0, 0.05) is 5.69 Å². The number of benzene rings is 2. The molecule has 0 aliphatic rings. The molecule has 30 heavy (non-hydrogen) atoms. The van der Waals surface area contributed by atoms with E-state index in [4.69, 9.17) is 11.6 Å². The molecule has 1 aromatic heterocycles. The van der Waals surface area contributed by atoms with Crippen LogP contribution in [0.15, 0.2) is 66.0 Å². The lowest BCUT2D eigenvalue weighted by molar-refractivity contribution is -0.137. The lowest BCUT2D eigenvalue weighted by Crippen LogP contribution is -2.18. The maximum atomic E-state index is 12.8. The van der Waals surface area contributed by atoms with Gasteiger partial charge < -0.3 is 5.32 Å². The fourth-order valence-corrected chi connectivity index (χ4v) is 3.86. The molecule has 0 aliphatic heterocycles. The number of sulfone groups is 1. The van der Waals surface area contributed by atoms with Crippen LogP contribution in [0.4, 0.5) is 18.9 Å². The predicted molar refractivity (Wildman–Crippen MR) is 104 cm³/mol. The number of aromatic nitrogens is 2. The van der Waals surface area contributed by atoms with E-state index in [1.54, 1.807) is 30.3 Å². The summed E-state index contributed by atoms with van der Waals surface area (Å²) in [6.07, 6.45) is -3.64. The Morgan fingerprint density at radius 1 is 1.07 bits per heavy atom. The minimum absolute atomic E-state index is 0.154. The fourth-order valence-electron chi connectivity index (χ4n) is 2.48. The van der Waals surface area contributed by atoms with Crippen LogP contribution in [-0.4, -0.2) is 24.3 Å². The Bertz CT molecular complexity index is 1190. The smallest absolute Gasteiger partial charge is 0.321 e. The van der Waals surface area contributed by atoms with Crippen molar-refractivity contribution in [2.45, 2.75) is 17.1 Å². The number of nitrogens with one attached hydrogen (secondary N) is 1. The SMILES string of the molecule is O=C(Nc1cccc(C(F)(F)F)c1)c1nc(S(=O)(=O)Cc2ccccc2)ncc1Cl. The van der Waals surface area contributed by atoms with Gasteiger partial charge in [0.05, 0.1) is 22.5 Å². The summed E-state index contributed by atoms with van der Waals surface area (Å²) >= 11 is 5.91. The van der Waals surface area contributed by atoms with E-state index in [0.717, 1.165) is 24.4 Å². The monoisotopic (exact) mass is 455 g/mol. The molecule has 1 amide bonds. The predicted octanol–water partition coefficient (Wildman–Crippen LogP) is 4.38. The number of amides is 1. The first-order valence-corrected chi connectivity index (χ1v) is 10.4. The van der Waals surface area contributed by atoms with Gasteiger partial charge in [-0.2, -0.15) is 13.2 Å². The maximum absolute atomic E-state index is 12.8. The van der Waals surface area contributed by atoms with Gasteiger partial charge in [-0.1, -0.05) is 48.0 Å². The summed E-state index contributed by atoms with van der Waals surface area (Å²) in [7, 11) is -3.99. The molecule has 3 aromatic rings. The number of hydrogen-bond donors (Lipinski definition) is 1. The van der Waals surface area contributed by atoms with E-state index in [1.807, 2.05) is 0 Å². The van der Waals surface area contributed by atoms with E-state index in [-0.39, 0.29) is 10.7 Å². The Morgan fingerprint density at radius 3 is 2.43 bits per heavy atom. The molecule has 3 rings (SSSR count). The summed E-state index contributed by atoms with van der Waals surface area (Å²) in [5.41, 5.74) is -1.10. The summed E-state index contributed by atoms with van der Waals surface area (Å²) in [5, 5.41) is 1.36. The van der Waals surface area contributed by atoms with E-state index < -0.39 is 44.1 Å². The number of halogens is 4. The Labute approximate surface area is 174 Å². The third-order valence-corrected chi connectivity index (χ3v) is 5.61. The van der Waals surface area contributed by atoms with Crippen LogP contribution in [0.5, 0.6) is 0 Å². The van der Waals surface area contributed by atoms with Crippen LogP contribution >= 0.6 is 11.6 Å². The first-order chi connectivity index (χ1) is 14.1. The second-order valence-corrected chi connectivity index (χ2v) is 8.42. The van der Waals surface area contributed by atoms with Crippen molar-refractivity contribution in [3.8, 4) is 0 Å². The second kappa shape index (κ2) is 8.41. The number of carbonyl (C=O) groups is 1. The summed E-state index contributed by atoms with van der Waals surface area (Å²) in [5.74, 6) is -1.37. The molecule has 0 saturated carbocycles. The van der Waals surface area contributed by atoms with E-state index in [2.05, 4.69) is 15.3 Å². The van der Waals surface area contributed by atoms with Crippen molar-refractivity contribution < 1.29 is 26.4 Å². The quantitative estimate of drug-likeness (QED) is 0.577. The number of alkyl halides is 3. The zero-order chi connectivity index (χ0) is 21.9. The van der Waals surface area contributed by atoms with Gasteiger partial charge in [-0.15, -0.1) is 0 Å². The van der Waals surface area contributed by atoms with E-state index in [1.165, 1.54) is 6.07 Å². The average Bonchev–Trinajstić information content (AvgIpc) is 2.68.